The van der Waals surface area contributed by atoms with E-state index < -0.39 is 57.0 Å². The molecular weight excluding hydrogens is 650 g/mol. The summed E-state index contributed by atoms with van der Waals surface area (Å²) in [5, 5.41) is 10.5. The molecule has 1 N–H and O–H groups in total. The van der Waals surface area contributed by atoms with E-state index in [1.54, 1.807) is 6.08 Å². The number of rotatable bonds is 6. The van der Waals surface area contributed by atoms with Crippen molar-refractivity contribution in [3.63, 3.8) is 0 Å². The van der Waals surface area contributed by atoms with Gasteiger partial charge in [0.15, 0.2) is 9.75 Å². The van der Waals surface area contributed by atoms with Crippen LogP contribution in [0, 0.1) is 23.6 Å². The molecule has 0 spiro atoms. The van der Waals surface area contributed by atoms with E-state index in [0.717, 1.165) is 22.6 Å². The number of carbonyl (C=O) groups excluding carboxylic acids is 4. The predicted molar refractivity (Wildman–Crippen MR) is 170 cm³/mol. The average Bonchev–Trinajstić information content (AvgIpc) is 3.39. The van der Waals surface area contributed by atoms with Crippen molar-refractivity contribution < 1.29 is 38.1 Å². The van der Waals surface area contributed by atoms with Crippen LogP contribution in [0.15, 0.2) is 78.4 Å². The zero-order valence-electron chi connectivity index (χ0n) is 25.3. The van der Waals surface area contributed by atoms with Gasteiger partial charge >= 0.3 is 0 Å². The van der Waals surface area contributed by atoms with Gasteiger partial charge in [0, 0.05) is 23.6 Å². The lowest BCUT2D eigenvalue weighted by atomic mass is 9.56. The summed E-state index contributed by atoms with van der Waals surface area (Å²) >= 11 is 14.9. The summed E-state index contributed by atoms with van der Waals surface area (Å²) < 4.78 is 25.2. The third-order valence-electron chi connectivity index (χ3n) is 9.99. The summed E-state index contributed by atoms with van der Waals surface area (Å²) in [4.78, 5) is 54.8. The van der Waals surface area contributed by atoms with Crippen LogP contribution in [0.3, 0.4) is 0 Å². The van der Waals surface area contributed by atoms with Gasteiger partial charge in [0.2, 0.25) is 11.8 Å². The fraction of sp³-hybridized carbons (Fsp3) is 0.314. The largest absolute Gasteiger partial charge is 0.508 e. The maximum atomic E-state index is 14.6. The fourth-order valence-corrected chi connectivity index (χ4v) is 8.83. The lowest BCUT2D eigenvalue weighted by Crippen LogP contribution is -2.60. The number of halogens is 3. The molecule has 9 nitrogen and oxygen atoms in total. The van der Waals surface area contributed by atoms with E-state index in [9.17, 15) is 28.7 Å². The molecule has 3 fully saturated rings. The monoisotopic (exact) mass is 678 g/mol. The number of methoxy groups -OCH3 is 2. The highest BCUT2D eigenvalue weighted by Crippen LogP contribution is 2.67. The van der Waals surface area contributed by atoms with Crippen LogP contribution in [0.2, 0.25) is 0 Å². The van der Waals surface area contributed by atoms with Gasteiger partial charge in [0.05, 0.1) is 38.3 Å². The normalized spacial score (nSPS) is 29.8. The molecule has 2 aliphatic heterocycles. The van der Waals surface area contributed by atoms with Crippen LogP contribution in [0.1, 0.15) is 29.9 Å². The number of imide groups is 2. The summed E-state index contributed by atoms with van der Waals surface area (Å²) in [5.41, 5.74) is 1.61. The first-order chi connectivity index (χ1) is 22.5. The van der Waals surface area contributed by atoms with Crippen molar-refractivity contribution >= 4 is 52.5 Å². The number of fused-ring (bicyclic) bond motifs is 4. The molecule has 3 aromatic rings. The van der Waals surface area contributed by atoms with Gasteiger partial charge in [-0.25, -0.2) is 9.29 Å². The minimum absolute atomic E-state index is 0.0650. The maximum Gasteiger partial charge on any atom is 0.258 e. The predicted octanol–water partition coefficient (Wildman–Crippen LogP) is 5.31. The van der Waals surface area contributed by atoms with Gasteiger partial charge in [-0.3, -0.25) is 24.1 Å². The number of allylic oxidation sites excluding steroid dienone is 2. The number of alkyl halides is 2. The molecule has 1 saturated carbocycles. The Morgan fingerprint density at radius 3 is 2.15 bits per heavy atom. The number of nitrogens with zero attached hydrogens (tertiary/aromatic N) is 2. The highest BCUT2D eigenvalue weighted by atomic mass is 35.5. The number of phenols is 1. The molecule has 7 rings (SSSR count). The molecule has 4 aliphatic rings. The van der Waals surface area contributed by atoms with E-state index in [1.165, 1.54) is 43.4 Å². The van der Waals surface area contributed by atoms with Crippen LogP contribution < -0.4 is 14.4 Å². The van der Waals surface area contributed by atoms with Crippen molar-refractivity contribution in [2.45, 2.75) is 35.1 Å². The number of likely N-dealkylation sites (tertiary alicyclic amines) is 1. The smallest absolute Gasteiger partial charge is 0.258 e. The van der Waals surface area contributed by atoms with E-state index in [1.807, 2.05) is 30.3 Å². The van der Waals surface area contributed by atoms with Crippen LogP contribution >= 0.6 is 23.2 Å². The Labute approximate surface area is 279 Å². The Hall–Kier alpha value is -4.41. The lowest BCUT2D eigenvalue weighted by molar-refractivity contribution is -0.141. The first-order valence-electron chi connectivity index (χ1n) is 15.0. The molecule has 2 saturated heterocycles. The molecular formula is C35H29Cl2FN2O7. The second-order valence-corrected chi connectivity index (χ2v) is 13.5. The van der Waals surface area contributed by atoms with Crippen molar-refractivity contribution in [1.82, 2.24) is 4.90 Å². The number of hydrogen-bond acceptors (Lipinski definition) is 7. The molecule has 6 atom stereocenters. The third-order valence-corrected chi connectivity index (χ3v) is 11.4. The molecule has 3 aromatic carbocycles. The quantitative estimate of drug-likeness (QED) is 0.214. The lowest BCUT2D eigenvalue weighted by Gasteiger charge is -2.51. The minimum atomic E-state index is -2.19. The van der Waals surface area contributed by atoms with Crippen molar-refractivity contribution in [2.24, 2.45) is 17.8 Å². The van der Waals surface area contributed by atoms with Gasteiger partial charge in [-0.05, 0) is 48.6 Å². The van der Waals surface area contributed by atoms with Crippen LogP contribution in [-0.2, 0) is 25.7 Å². The molecule has 12 heteroatoms. The molecule has 0 aromatic heterocycles. The second-order valence-electron chi connectivity index (χ2n) is 12.3. The molecule has 4 amide bonds. The van der Waals surface area contributed by atoms with Gasteiger partial charge in [0.25, 0.3) is 11.8 Å². The number of aromatic hydroxyl groups is 1. The molecule has 0 bridgehead atoms. The van der Waals surface area contributed by atoms with Gasteiger partial charge in [-0.2, -0.15) is 0 Å². The number of carbonyl (C=O) groups is 4. The molecule has 2 aliphatic carbocycles. The first-order valence-corrected chi connectivity index (χ1v) is 15.8. The number of anilines is 1. The molecule has 2 heterocycles. The standard InChI is InChI=1S/C35H29Cl2FN2O7/c1-46-25-14-21(41)15-26(47-2)28(25)29-22-12-13-23-27(31(43)39(30(23)42)17-18-6-4-3-5-7-18)24(22)16-34(36)32(44)40(33(45)35(29,34)37)20-10-8-19(38)9-11-20/h3-12,14-15,23-24,27,29,41H,13,16-17H2,1-2H3. The van der Waals surface area contributed by atoms with Gasteiger partial charge < -0.3 is 14.6 Å². The SMILES string of the molecule is COc1cc(O)cc(OC)c1C1C2=CCC3C(=O)N(Cc4ccccc4)C(=O)C3C2CC2(Cl)C(=O)N(c3ccc(F)cc3)C(=O)C12Cl. The zero-order valence-corrected chi connectivity index (χ0v) is 26.8. The average molecular weight is 680 g/mol. The van der Waals surface area contributed by atoms with Crippen molar-refractivity contribution in [3.05, 3.63) is 95.3 Å². The molecule has 0 radical (unpaired) electrons. The van der Waals surface area contributed by atoms with Gasteiger partial charge in [-0.1, -0.05) is 42.0 Å². The summed E-state index contributed by atoms with van der Waals surface area (Å²) in [6, 6.07) is 16.6. The number of phenolic OH excluding ortho intramolecular Hbond substituents is 1. The molecule has 47 heavy (non-hydrogen) atoms. The Morgan fingerprint density at radius 2 is 1.53 bits per heavy atom. The van der Waals surface area contributed by atoms with E-state index >= 15 is 0 Å². The Kier molecular flexibility index (Phi) is 7.37. The van der Waals surface area contributed by atoms with Crippen molar-refractivity contribution in [1.29, 1.82) is 0 Å². The summed E-state index contributed by atoms with van der Waals surface area (Å²) in [7, 11) is 2.73. The Balaban J connectivity index is 1.42. The number of benzene rings is 3. The second kappa shape index (κ2) is 11.1. The van der Waals surface area contributed by atoms with Crippen LogP contribution in [-0.4, -0.2) is 57.6 Å². The summed E-state index contributed by atoms with van der Waals surface area (Å²) in [6.07, 6.45) is 1.75. The zero-order chi connectivity index (χ0) is 33.4. The van der Waals surface area contributed by atoms with E-state index in [-0.39, 0.29) is 53.8 Å². The van der Waals surface area contributed by atoms with E-state index in [4.69, 9.17) is 32.7 Å². The maximum absolute atomic E-state index is 14.6. The van der Waals surface area contributed by atoms with Crippen LogP contribution in [0.5, 0.6) is 17.2 Å². The van der Waals surface area contributed by atoms with Crippen LogP contribution in [0.25, 0.3) is 0 Å². The summed E-state index contributed by atoms with van der Waals surface area (Å²) in [5.74, 6) is -6.58. The highest BCUT2D eigenvalue weighted by Gasteiger charge is 2.77. The fourth-order valence-electron chi connectivity index (χ4n) is 7.91. The van der Waals surface area contributed by atoms with E-state index in [0.29, 0.717) is 5.57 Å². The van der Waals surface area contributed by atoms with Crippen molar-refractivity contribution in [2.75, 3.05) is 19.1 Å². The van der Waals surface area contributed by atoms with Gasteiger partial charge in [-0.15, -0.1) is 23.2 Å². The Bertz CT molecular complexity index is 1840. The van der Waals surface area contributed by atoms with Crippen LogP contribution in [0.4, 0.5) is 10.1 Å². The topological polar surface area (TPSA) is 113 Å². The molecule has 242 valence electrons. The molecule has 6 unspecified atom stereocenters. The first kappa shape index (κ1) is 31.2. The number of ether oxygens (including phenoxy) is 2. The van der Waals surface area contributed by atoms with E-state index in [2.05, 4.69) is 0 Å². The number of hydrogen-bond donors (Lipinski definition) is 1. The third kappa shape index (κ3) is 4.34. The minimum Gasteiger partial charge on any atom is -0.508 e. The number of amides is 4. The van der Waals surface area contributed by atoms with Crippen molar-refractivity contribution in [3.8, 4) is 17.2 Å². The van der Waals surface area contributed by atoms with Gasteiger partial charge in [0.1, 0.15) is 23.1 Å². The summed E-state index contributed by atoms with van der Waals surface area (Å²) in [6.45, 7) is 0.0812. The highest BCUT2D eigenvalue weighted by molar-refractivity contribution is 6.58. The Morgan fingerprint density at radius 1 is 0.894 bits per heavy atom.